The Morgan fingerprint density at radius 1 is 1.22 bits per heavy atom. The molecule has 18 heavy (non-hydrogen) atoms. The molecular weight excluding hydrogens is 224 g/mol. The number of carbonyl (C=O) groups excluding carboxylic acids is 1. The third-order valence-electron chi connectivity index (χ3n) is 2.80. The number of hydrogen-bond acceptors (Lipinski definition) is 2. The van der Waals surface area contributed by atoms with Gasteiger partial charge in [-0.3, -0.25) is 4.79 Å². The predicted octanol–water partition coefficient (Wildman–Crippen LogP) is 4.21. The van der Waals surface area contributed by atoms with Gasteiger partial charge in [0.2, 0.25) is 0 Å². The monoisotopic (exact) mass is 246 g/mol. The van der Waals surface area contributed by atoms with Crippen molar-refractivity contribution < 1.29 is 9.53 Å². The zero-order valence-corrected chi connectivity index (χ0v) is 11.3. The normalized spacial score (nSPS) is 11.3. The van der Waals surface area contributed by atoms with Gasteiger partial charge in [-0.2, -0.15) is 0 Å². The van der Waals surface area contributed by atoms with Gasteiger partial charge in [0.25, 0.3) is 0 Å². The van der Waals surface area contributed by atoms with E-state index in [2.05, 4.69) is 26.0 Å². The summed E-state index contributed by atoms with van der Waals surface area (Å²) in [6.07, 6.45) is 5.25. The molecule has 1 aromatic rings. The van der Waals surface area contributed by atoms with Crippen molar-refractivity contribution in [2.24, 2.45) is 0 Å². The van der Waals surface area contributed by atoms with Gasteiger partial charge in [0, 0.05) is 0 Å². The second-order valence-electron chi connectivity index (χ2n) is 4.23. The molecule has 2 nitrogen and oxygen atoms in total. The van der Waals surface area contributed by atoms with Gasteiger partial charge in [0.15, 0.2) is 0 Å². The second kappa shape index (κ2) is 8.51. The average molecular weight is 246 g/mol. The first-order valence-electron chi connectivity index (χ1n) is 6.68. The van der Waals surface area contributed by atoms with Crippen molar-refractivity contribution in [3.63, 3.8) is 0 Å². The maximum atomic E-state index is 11.5. The molecule has 0 aliphatic heterocycles. The Kier molecular flexibility index (Phi) is 6.85. The Morgan fingerprint density at radius 3 is 2.56 bits per heavy atom. The molecule has 0 heterocycles. The molecule has 0 bridgehead atoms. The van der Waals surface area contributed by atoms with Gasteiger partial charge >= 0.3 is 5.97 Å². The fourth-order valence-corrected chi connectivity index (χ4v) is 1.71. The van der Waals surface area contributed by atoms with Crippen LogP contribution in [0, 0.1) is 0 Å². The molecule has 0 aliphatic rings. The largest absolute Gasteiger partial charge is 0.465 e. The lowest BCUT2D eigenvalue weighted by molar-refractivity contribution is -0.142. The van der Waals surface area contributed by atoms with Gasteiger partial charge in [0.1, 0.15) is 0 Å². The van der Waals surface area contributed by atoms with Gasteiger partial charge < -0.3 is 4.74 Å². The number of unbranched alkanes of at least 4 members (excludes halogenated alkanes) is 1. The Morgan fingerprint density at radius 2 is 1.94 bits per heavy atom. The molecular formula is C16H22O2. The van der Waals surface area contributed by atoms with Crippen LogP contribution in [0.1, 0.15) is 45.1 Å². The molecule has 0 aromatic heterocycles. The summed E-state index contributed by atoms with van der Waals surface area (Å²) in [6, 6.07) is 10.2. The van der Waals surface area contributed by atoms with Crippen LogP contribution in [0.5, 0.6) is 0 Å². The minimum atomic E-state index is -0.134. The van der Waals surface area contributed by atoms with Crippen LogP contribution in [0.3, 0.4) is 0 Å². The van der Waals surface area contributed by atoms with Crippen molar-refractivity contribution in [2.75, 3.05) is 6.61 Å². The van der Waals surface area contributed by atoms with Crippen molar-refractivity contribution in [1.82, 2.24) is 0 Å². The Balaban J connectivity index is 2.51. The van der Waals surface area contributed by atoms with Crippen LogP contribution in [-0.4, -0.2) is 12.6 Å². The highest BCUT2D eigenvalue weighted by Crippen LogP contribution is 2.18. The Labute approximate surface area is 110 Å². The van der Waals surface area contributed by atoms with Crippen molar-refractivity contribution in [3.8, 4) is 0 Å². The fraction of sp³-hybridized carbons (Fsp3) is 0.438. The molecule has 0 spiro atoms. The quantitative estimate of drug-likeness (QED) is 0.532. The minimum absolute atomic E-state index is 0.134. The van der Waals surface area contributed by atoms with Crippen LogP contribution < -0.4 is 0 Å². The third-order valence-corrected chi connectivity index (χ3v) is 2.80. The van der Waals surface area contributed by atoms with Gasteiger partial charge in [-0.15, -0.1) is 0 Å². The standard InChI is InChI=1S/C16H22O2/c1-3-5-13-18-16(17)12-11-14(4-2)15-9-7-6-8-10-15/h6-11H,3-5,12-13H2,1-2H3. The van der Waals surface area contributed by atoms with Gasteiger partial charge in [-0.1, -0.05) is 56.7 Å². The maximum absolute atomic E-state index is 11.5. The first-order chi connectivity index (χ1) is 8.77. The van der Waals surface area contributed by atoms with Crippen LogP contribution >= 0.6 is 0 Å². The molecule has 1 aromatic carbocycles. The zero-order valence-electron chi connectivity index (χ0n) is 11.3. The number of carbonyl (C=O) groups is 1. The molecule has 0 fully saturated rings. The molecule has 0 N–H and O–H groups in total. The average Bonchev–Trinajstić information content (AvgIpc) is 2.41. The molecule has 2 heteroatoms. The number of rotatable bonds is 7. The number of allylic oxidation sites excluding steroid dienone is 1. The highest BCUT2D eigenvalue weighted by Gasteiger charge is 2.02. The SMILES string of the molecule is CCCCOC(=O)CC=C(CC)c1ccccc1. The smallest absolute Gasteiger partial charge is 0.309 e. The van der Waals surface area contributed by atoms with Crippen molar-refractivity contribution in [1.29, 1.82) is 0 Å². The van der Waals surface area contributed by atoms with Gasteiger partial charge in [0.05, 0.1) is 13.0 Å². The summed E-state index contributed by atoms with van der Waals surface area (Å²) in [5, 5.41) is 0. The minimum Gasteiger partial charge on any atom is -0.465 e. The van der Waals surface area contributed by atoms with E-state index in [0.717, 1.165) is 19.3 Å². The predicted molar refractivity (Wildman–Crippen MR) is 75.2 cm³/mol. The van der Waals surface area contributed by atoms with Crippen LogP contribution in [0.15, 0.2) is 36.4 Å². The van der Waals surface area contributed by atoms with Crippen molar-refractivity contribution in [3.05, 3.63) is 42.0 Å². The lowest BCUT2D eigenvalue weighted by Crippen LogP contribution is -2.04. The fourth-order valence-electron chi connectivity index (χ4n) is 1.71. The first-order valence-corrected chi connectivity index (χ1v) is 6.68. The van der Waals surface area contributed by atoms with E-state index in [4.69, 9.17) is 4.74 Å². The summed E-state index contributed by atoms with van der Waals surface area (Å²) in [6.45, 7) is 4.72. The van der Waals surface area contributed by atoms with E-state index in [1.54, 1.807) is 0 Å². The topological polar surface area (TPSA) is 26.3 Å². The maximum Gasteiger partial charge on any atom is 0.309 e. The van der Waals surface area contributed by atoms with E-state index >= 15 is 0 Å². The molecule has 0 amide bonds. The van der Waals surface area contributed by atoms with E-state index in [0.29, 0.717) is 13.0 Å². The van der Waals surface area contributed by atoms with Gasteiger partial charge in [-0.05, 0) is 24.0 Å². The molecule has 98 valence electrons. The first kappa shape index (κ1) is 14.5. The van der Waals surface area contributed by atoms with Gasteiger partial charge in [-0.25, -0.2) is 0 Å². The molecule has 0 aliphatic carbocycles. The second-order valence-corrected chi connectivity index (χ2v) is 4.23. The summed E-state index contributed by atoms with van der Waals surface area (Å²) < 4.78 is 5.13. The number of ether oxygens (including phenoxy) is 1. The van der Waals surface area contributed by atoms with E-state index in [1.165, 1.54) is 11.1 Å². The van der Waals surface area contributed by atoms with E-state index in [9.17, 15) is 4.79 Å². The number of esters is 1. The van der Waals surface area contributed by atoms with E-state index in [-0.39, 0.29) is 5.97 Å². The molecule has 0 radical (unpaired) electrons. The van der Waals surface area contributed by atoms with E-state index < -0.39 is 0 Å². The molecule has 0 saturated heterocycles. The molecule has 1 rings (SSSR count). The van der Waals surface area contributed by atoms with Crippen LogP contribution in [0.25, 0.3) is 5.57 Å². The summed E-state index contributed by atoms with van der Waals surface area (Å²) in [4.78, 5) is 11.5. The highest BCUT2D eigenvalue weighted by atomic mass is 16.5. The molecule has 0 saturated carbocycles. The lowest BCUT2D eigenvalue weighted by atomic mass is 10.0. The van der Waals surface area contributed by atoms with Crippen LogP contribution in [0.2, 0.25) is 0 Å². The van der Waals surface area contributed by atoms with Crippen LogP contribution in [-0.2, 0) is 9.53 Å². The summed E-state index contributed by atoms with van der Waals surface area (Å²) in [5.41, 5.74) is 2.38. The Bertz CT molecular complexity index is 379. The molecule has 0 unspecified atom stereocenters. The highest BCUT2D eigenvalue weighted by molar-refractivity contribution is 5.75. The third kappa shape index (κ3) is 5.17. The van der Waals surface area contributed by atoms with Crippen molar-refractivity contribution in [2.45, 2.75) is 39.5 Å². The number of benzene rings is 1. The molecule has 0 atom stereocenters. The Hall–Kier alpha value is -1.57. The van der Waals surface area contributed by atoms with Crippen LogP contribution in [0.4, 0.5) is 0 Å². The van der Waals surface area contributed by atoms with Crippen molar-refractivity contribution >= 4 is 11.5 Å². The summed E-state index contributed by atoms with van der Waals surface area (Å²) in [7, 11) is 0. The summed E-state index contributed by atoms with van der Waals surface area (Å²) in [5.74, 6) is -0.134. The number of hydrogen-bond donors (Lipinski definition) is 0. The lowest BCUT2D eigenvalue weighted by Gasteiger charge is -2.05. The summed E-state index contributed by atoms with van der Waals surface area (Å²) >= 11 is 0. The van der Waals surface area contributed by atoms with E-state index in [1.807, 2.05) is 24.3 Å². The zero-order chi connectivity index (χ0) is 13.2.